The number of fused-ring (bicyclic) bond motifs is 4. The standard InChI is InChI=1S/C28H35ClFN5O3/c1-14-10-17-24(35(14)23-16-11-20(23)34(13-16)27(36)38-28(3,4)5)18-12-31-25(29)21(30)22(18)32-26(17)37-15(2)19-8-7-9-33(19)6/h10,12,15-16,19-20,23H,7-9,11,13H2,1-6H3/t15-,16?,19-,20?,23?/m0/s1. The highest BCUT2D eigenvalue weighted by molar-refractivity contribution is 6.30. The van der Waals surface area contributed by atoms with Gasteiger partial charge in [-0.15, -0.1) is 0 Å². The number of carbonyl (C=O) groups is 1. The average Bonchev–Trinajstić information content (AvgIpc) is 3.59. The van der Waals surface area contributed by atoms with Crippen LogP contribution in [0.2, 0.25) is 5.15 Å². The lowest BCUT2D eigenvalue weighted by molar-refractivity contribution is 0.0210. The Morgan fingerprint density at radius 2 is 2.05 bits per heavy atom. The number of halogens is 2. The van der Waals surface area contributed by atoms with E-state index in [1.165, 1.54) is 0 Å². The number of hydrogen-bond acceptors (Lipinski definition) is 6. The van der Waals surface area contributed by atoms with E-state index in [4.69, 9.17) is 21.1 Å². The molecule has 1 saturated carbocycles. The van der Waals surface area contributed by atoms with Crippen molar-refractivity contribution < 1.29 is 18.7 Å². The third kappa shape index (κ3) is 4.01. The van der Waals surface area contributed by atoms with Gasteiger partial charge >= 0.3 is 6.09 Å². The first kappa shape index (κ1) is 25.6. The van der Waals surface area contributed by atoms with Crippen molar-refractivity contribution in [3.8, 4) is 5.88 Å². The number of ether oxygens (including phenoxy) is 2. The monoisotopic (exact) mass is 543 g/mol. The molecule has 4 fully saturated rings. The first-order chi connectivity index (χ1) is 17.9. The van der Waals surface area contributed by atoms with Crippen LogP contribution in [0, 0.1) is 18.7 Å². The van der Waals surface area contributed by atoms with E-state index in [-0.39, 0.29) is 46.9 Å². The summed E-state index contributed by atoms with van der Waals surface area (Å²) in [6.07, 6.45) is 4.27. The second-order valence-electron chi connectivity index (χ2n) is 12.2. The maximum Gasteiger partial charge on any atom is 0.410 e. The average molecular weight is 544 g/mol. The Hall–Kier alpha value is -2.65. The molecule has 0 aromatic carbocycles. The maximum absolute atomic E-state index is 15.3. The molecule has 10 heteroatoms. The largest absolute Gasteiger partial charge is 0.472 e. The molecule has 3 unspecified atom stereocenters. The van der Waals surface area contributed by atoms with Gasteiger partial charge in [0.05, 0.1) is 23.0 Å². The third-order valence-corrected chi connectivity index (χ3v) is 8.74. The number of rotatable bonds is 4. The molecule has 5 atom stereocenters. The van der Waals surface area contributed by atoms with E-state index in [0.717, 1.165) is 42.4 Å². The Morgan fingerprint density at radius 3 is 2.74 bits per heavy atom. The zero-order chi connectivity index (χ0) is 27.1. The van der Waals surface area contributed by atoms with Gasteiger partial charge in [-0.25, -0.2) is 19.2 Å². The Labute approximate surface area is 227 Å². The fourth-order valence-electron chi connectivity index (χ4n) is 6.75. The molecule has 6 heterocycles. The summed E-state index contributed by atoms with van der Waals surface area (Å²) in [5, 5.41) is 1.19. The smallest absolute Gasteiger partial charge is 0.410 e. The molecule has 7 rings (SSSR count). The van der Waals surface area contributed by atoms with Gasteiger partial charge in [-0.1, -0.05) is 11.6 Å². The highest BCUT2D eigenvalue weighted by Gasteiger charge is 2.56. The highest BCUT2D eigenvalue weighted by atomic mass is 35.5. The van der Waals surface area contributed by atoms with Gasteiger partial charge in [0.1, 0.15) is 17.2 Å². The molecule has 204 valence electrons. The minimum Gasteiger partial charge on any atom is -0.472 e. The van der Waals surface area contributed by atoms with Gasteiger partial charge in [0.15, 0.2) is 11.0 Å². The maximum atomic E-state index is 15.3. The van der Waals surface area contributed by atoms with Crippen LogP contribution in [0.25, 0.3) is 21.8 Å². The van der Waals surface area contributed by atoms with Gasteiger partial charge in [-0.05, 0) is 73.5 Å². The van der Waals surface area contributed by atoms with Crippen LogP contribution in [0.15, 0.2) is 12.3 Å². The SMILES string of the molecule is Cc1cc2c(O[C@@H](C)[C@@H]3CCCN3C)nc3c(F)c(Cl)ncc3c2n1C1C2CC1N(C(=O)OC(C)(C)C)C2. The second-order valence-corrected chi connectivity index (χ2v) is 12.5. The Bertz CT molecular complexity index is 1440. The lowest BCUT2D eigenvalue weighted by atomic mass is 9.79. The molecule has 0 radical (unpaired) electrons. The molecular formula is C28H35ClFN5O3. The minimum absolute atomic E-state index is 0.00732. The summed E-state index contributed by atoms with van der Waals surface area (Å²) < 4.78 is 29.7. The molecule has 1 amide bonds. The van der Waals surface area contributed by atoms with Crippen LogP contribution in [0.4, 0.5) is 9.18 Å². The van der Waals surface area contributed by atoms with Gasteiger partial charge in [0.25, 0.3) is 0 Å². The number of amides is 1. The third-order valence-electron chi connectivity index (χ3n) is 8.47. The number of aromatic nitrogens is 3. The zero-order valence-electron chi connectivity index (χ0n) is 22.8. The predicted octanol–water partition coefficient (Wildman–Crippen LogP) is 5.73. The first-order valence-electron chi connectivity index (χ1n) is 13.5. The van der Waals surface area contributed by atoms with E-state index < -0.39 is 11.4 Å². The van der Waals surface area contributed by atoms with E-state index in [1.54, 1.807) is 6.20 Å². The number of likely N-dealkylation sites (tertiary alicyclic amines) is 1. The van der Waals surface area contributed by atoms with E-state index >= 15 is 4.39 Å². The summed E-state index contributed by atoms with van der Waals surface area (Å²) in [7, 11) is 2.11. The van der Waals surface area contributed by atoms with Crippen molar-refractivity contribution in [2.45, 2.75) is 83.7 Å². The summed E-state index contributed by atoms with van der Waals surface area (Å²) in [6, 6.07) is 2.38. The van der Waals surface area contributed by atoms with Crippen molar-refractivity contribution in [1.29, 1.82) is 0 Å². The van der Waals surface area contributed by atoms with Crippen LogP contribution >= 0.6 is 11.6 Å². The quantitative estimate of drug-likeness (QED) is 0.391. The molecule has 3 saturated heterocycles. The van der Waals surface area contributed by atoms with E-state index in [9.17, 15) is 4.79 Å². The van der Waals surface area contributed by atoms with Crippen LogP contribution in [-0.4, -0.2) is 74.4 Å². The predicted molar refractivity (Wildman–Crippen MR) is 144 cm³/mol. The topological polar surface area (TPSA) is 72.7 Å². The molecule has 2 bridgehead atoms. The molecule has 3 aromatic rings. The summed E-state index contributed by atoms with van der Waals surface area (Å²) in [5.74, 6) is 0.0310. The van der Waals surface area contributed by atoms with Gasteiger partial charge in [0.2, 0.25) is 5.88 Å². The Morgan fingerprint density at radius 1 is 1.29 bits per heavy atom. The summed E-state index contributed by atoms with van der Waals surface area (Å²) >= 11 is 6.09. The fraction of sp³-hybridized carbons (Fsp3) is 0.607. The van der Waals surface area contributed by atoms with Gasteiger partial charge in [0, 0.05) is 35.8 Å². The number of hydrogen-bond donors (Lipinski definition) is 0. The molecule has 8 nitrogen and oxygen atoms in total. The fourth-order valence-corrected chi connectivity index (χ4v) is 6.89. The minimum atomic E-state index is -0.654. The number of aryl methyl sites for hydroxylation is 1. The molecular weight excluding hydrogens is 509 g/mol. The van der Waals surface area contributed by atoms with Crippen LogP contribution in [0.3, 0.4) is 0 Å². The van der Waals surface area contributed by atoms with Crippen LogP contribution < -0.4 is 4.74 Å². The summed E-state index contributed by atoms with van der Waals surface area (Å²) in [4.78, 5) is 25.9. The molecule has 0 N–H and O–H groups in total. The van der Waals surface area contributed by atoms with Crippen molar-refractivity contribution in [3.05, 3.63) is 28.9 Å². The lowest BCUT2D eigenvalue weighted by Gasteiger charge is -2.39. The van der Waals surface area contributed by atoms with Crippen molar-refractivity contribution in [2.24, 2.45) is 5.92 Å². The Balaban J connectivity index is 1.45. The van der Waals surface area contributed by atoms with Gasteiger partial charge in [-0.2, -0.15) is 0 Å². The first-order valence-corrected chi connectivity index (χ1v) is 13.8. The van der Waals surface area contributed by atoms with E-state index in [2.05, 4.69) is 39.5 Å². The molecule has 3 aliphatic heterocycles. The van der Waals surface area contributed by atoms with E-state index in [1.807, 2.05) is 32.6 Å². The van der Waals surface area contributed by atoms with Crippen LogP contribution in [0.1, 0.15) is 58.7 Å². The molecule has 1 aliphatic carbocycles. The van der Waals surface area contributed by atoms with Gasteiger partial charge in [-0.3, -0.25) is 4.90 Å². The van der Waals surface area contributed by atoms with Crippen LogP contribution in [-0.2, 0) is 4.74 Å². The second kappa shape index (κ2) is 8.95. The number of nitrogens with zero attached hydrogens (tertiary/aromatic N) is 5. The van der Waals surface area contributed by atoms with Crippen molar-refractivity contribution in [2.75, 3.05) is 20.1 Å². The molecule has 3 aromatic heterocycles. The molecule has 38 heavy (non-hydrogen) atoms. The van der Waals surface area contributed by atoms with Crippen LogP contribution in [0.5, 0.6) is 5.88 Å². The Kier molecular flexibility index (Phi) is 6.03. The summed E-state index contributed by atoms with van der Waals surface area (Å²) in [5.41, 5.74) is 1.42. The number of carbonyl (C=O) groups excluding carboxylic acids is 1. The van der Waals surface area contributed by atoms with Crippen molar-refractivity contribution >= 4 is 39.5 Å². The molecule has 0 spiro atoms. The number of pyridine rings is 2. The molecule has 4 aliphatic rings. The van der Waals surface area contributed by atoms with Crippen molar-refractivity contribution in [1.82, 2.24) is 24.3 Å². The lowest BCUT2D eigenvalue weighted by Crippen LogP contribution is -2.44. The highest BCUT2D eigenvalue weighted by Crippen LogP contribution is 2.52. The van der Waals surface area contributed by atoms with Gasteiger partial charge < -0.3 is 18.9 Å². The van der Waals surface area contributed by atoms with E-state index in [0.29, 0.717) is 17.8 Å². The zero-order valence-corrected chi connectivity index (χ0v) is 23.5. The summed E-state index contributed by atoms with van der Waals surface area (Å²) in [6.45, 7) is 11.4. The van der Waals surface area contributed by atoms with Crippen molar-refractivity contribution in [3.63, 3.8) is 0 Å². The normalized spacial score (nSPS) is 26.3. The number of likely N-dealkylation sites (N-methyl/N-ethyl adjacent to an activating group) is 1.